The van der Waals surface area contributed by atoms with Gasteiger partial charge in [0.25, 0.3) is 10.0 Å². The van der Waals surface area contributed by atoms with E-state index in [1.54, 1.807) is 0 Å². The minimum Gasteiger partial charge on any atom is -0.252 e. The highest BCUT2D eigenvalue weighted by Gasteiger charge is 2.32. The first-order chi connectivity index (χ1) is 10.8. The quantitative estimate of drug-likeness (QED) is 0.723. The summed E-state index contributed by atoms with van der Waals surface area (Å²) in [6.07, 6.45) is 2.16. The summed E-state index contributed by atoms with van der Waals surface area (Å²) >= 11 is 0. The van der Waals surface area contributed by atoms with Gasteiger partial charge in [-0.25, -0.2) is 22.1 Å². The largest absolute Gasteiger partial charge is 0.433 e. The number of halogens is 3. The molecule has 0 spiro atoms. The summed E-state index contributed by atoms with van der Waals surface area (Å²) in [5.41, 5.74) is -1.05. The zero-order chi connectivity index (χ0) is 16.7. The lowest BCUT2D eigenvalue weighted by atomic mass is 10.3. The van der Waals surface area contributed by atoms with Crippen molar-refractivity contribution in [1.82, 2.24) is 23.7 Å². The lowest BCUT2D eigenvalue weighted by molar-refractivity contribution is -0.141. The summed E-state index contributed by atoms with van der Waals surface area (Å²) in [6, 6.07) is 2.07. The molecule has 0 radical (unpaired) electrons. The van der Waals surface area contributed by atoms with Gasteiger partial charge >= 0.3 is 6.18 Å². The Labute approximate surface area is 128 Å². The number of rotatable bonds is 3. The van der Waals surface area contributed by atoms with Crippen LogP contribution in [-0.4, -0.2) is 32.1 Å². The van der Waals surface area contributed by atoms with E-state index in [2.05, 4.69) is 15.1 Å². The summed E-state index contributed by atoms with van der Waals surface area (Å²) in [6.45, 7) is 0. The number of nitrogens with zero attached hydrogens (tertiary/aromatic N) is 5. The molecule has 0 N–H and O–H groups in total. The molecule has 11 heteroatoms. The fraction of sp³-hybridized carbons (Fsp3) is 0.0833. The average Bonchev–Trinajstić information content (AvgIpc) is 3.18. The van der Waals surface area contributed by atoms with Gasteiger partial charge < -0.3 is 0 Å². The van der Waals surface area contributed by atoms with Crippen LogP contribution in [0.4, 0.5) is 13.2 Å². The van der Waals surface area contributed by atoms with E-state index in [0.29, 0.717) is 0 Å². The van der Waals surface area contributed by atoms with Gasteiger partial charge in [-0.05, 0) is 12.1 Å². The normalized spacial score (nSPS) is 12.5. The second-order valence-electron chi connectivity index (χ2n) is 4.42. The maximum Gasteiger partial charge on any atom is 0.433 e. The topological polar surface area (TPSA) is 82.7 Å². The van der Waals surface area contributed by atoms with Crippen LogP contribution in [0.25, 0.3) is 5.69 Å². The summed E-state index contributed by atoms with van der Waals surface area (Å²) < 4.78 is 64.4. The zero-order valence-corrected chi connectivity index (χ0v) is 12.0. The Morgan fingerprint density at radius 2 is 1.96 bits per heavy atom. The predicted molar refractivity (Wildman–Crippen MR) is 71.2 cm³/mol. The summed E-state index contributed by atoms with van der Waals surface area (Å²) in [5, 5.41) is 3.79. The van der Waals surface area contributed by atoms with Gasteiger partial charge in [-0.15, -0.1) is 0 Å². The summed E-state index contributed by atoms with van der Waals surface area (Å²) in [5.74, 6) is 0. The van der Waals surface area contributed by atoms with Crippen molar-refractivity contribution >= 4 is 10.0 Å². The Balaban J connectivity index is 2.00. The van der Waals surface area contributed by atoms with Gasteiger partial charge in [0.2, 0.25) is 0 Å². The monoisotopic (exact) mass is 343 g/mol. The second-order valence-corrected chi connectivity index (χ2v) is 6.26. The molecular weight excluding hydrogens is 335 g/mol. The molecule has 0 atom stereocenters. The smallest absolute Gasteiger partial charge is 0.252 e. The minimum absolute atomic E-state index is 0.0411. The van der Waals surface area contributed by atoms with Crippen LogP contribution in [0.2, 0.25) is 0 Å². The van der Waals surface area contributed by atoms with Crippen LogP contribution in [0.3, 0.4) is 0 Å². The Hall–Kier alpha value is -2.69. The first-order valence-corrected chi connectivity index (χ1v) is 7.54. The number of aromatic nitrogens is 5. The van der Waals surface area contributed by atoms with Gasteiger partial charge in [0.1, 0.15) is 16.9 Å². The van der Waals surface area contributed by atoms with Gasteiger partial charge in [-0.1, -0.05) is 0 Å². The number of hydrogen-bond acceptors (Lipinski definition) is 5. The van der Waals surface area contributed by atoms with E-state index >= 15 is 0 Å². The third-order valence-corrected chi connectivity index (χ3v) is 4.49. The van der Waals surface area contributed by atoms with Crippen LogP contribution in [-0.2, 0) is 16.2 Å². The highest BCUT2D eigenvalue weighted by molar-refractivity contribution is 7.90. The van der Waals surface area contributed by atoms with Crippen molar-refractivity contribution in [3.8, 4) is 5.69 Å². The molecule has 23 heavy (non-hydrogen) atoms. The van der Waals surface area contributed by atoms with Gasteiger partial charge in [0.15, 0.2) is 0 Å². The average molecular weight is 343 g/mol. The van der Waals surface area contributed by atoms with E-state index < -0.39 is 21.9 Å². The molecule has 0 amide bonds. The molecule has 0 fully saturated rings. The van der Waals surface area contributed by atoms with E-state index in [0.717, 1.165) is 39.6 Å². The molecule has 3 aromatic heterocycles. The molecule has 3 rings (SSSR count). The van der Waals surface area contributed by atoms with Crippen LogP contribution in [0.5, 0.6) is 0 Å². The molecule has 0 saturated carbocycles. The minimum atomic E-state index is -4.60. The van der Waals surface area contributed by atoms with Crippen molar-refractivity contribution in [2.24, 2.45) is 0 Å². The molecule has 0 aliphatic heterocycles. The highest BCUT2D eigenvalue weighted by Crippen LogP contribution is 2.28. The maximum atomic E-state index is 12.7. The van der Waals surface area contributed by atoms with Crippen LogP contribution >= 0.6 is 0 Å². The fourth-order valence-corrected chi connectivity index (χ4v) is 2.86. The third kappa shape index (κ3) is 2.82. The van der Waals surface area contributed by atoms with Gasteiger partial charge in [0.05, 0.1) is 18.1 Å². The molecule has 3 heterocycles. The first kappa shape index (κ1) is 15.2. The lowest BCUT2D eigenvalue weighted by Gasteiger charge is -2.07. The van der Waals surface area contributed by atoms with E-state index in [1.807, 2.05) is 0 Å². The van der Waals surface area contributed by atoms with Crippen molar-refractivity contribution in [3.05, 3.63) is 55.1 Å². The van der Waals surface area contributed by atoms with E-state index in [-0.39, 0.29) is 10.6 Å². The Kier molecular flexibility index (Phi) is 3.43. The lowest BCUT2D eigenvalue weighted by Crippen LogP contribution is -2.10. The van der Waals surface area contributed by atoms with Crippen molar-refractivity contribution in [2.45, 2.75) is 11.1 Å². The summed E-state index contributed by atoms with van der Waals surface area (Å²) in [4.78, 5) is 6.70. The molecular formula is C12H8F3N5O2S. The molecule has 0 aliphatic rings. The standard InChI is InChI=1S/C12H8F3N5O2S/c13-12(14,15)11-5-9(1-2-17-11)20-7-10(6-18-20)23(21,22)19-4-3-16-8-19/h1-8H. The number of imidazole rings is 1. The Bertz CT molecular complexity index is 932. The van der Waals surface area contributed by atoms with Crippen LogP contribution in [0.1, 0.15) is 5.69 Å². The fourth-order valence-electron chi connectivity index (χ4n) is 1.81. The first-order valence-electron chi connectivity index (χ1n) is 6.10. The van der Waals surface area contributed by atoms with Crippen LogP contribution in [0, 0.1) is 0 Å². The molecule has 3 aromatic rings. The third-order valence-electron chi connectivity index (χ3n) is 2.91. The maximum absolute atomic E-state index is 12.7. The molecule has 0 saturated heterocycles. The van der Waals surface area contributed by atoms with Crippen molar-refractivity contribution < 1.29 is 21.6 Å². The molecule has 7 nitrogen and oxygen atoms in total. The van der Waals surface area contributed by atoms with Crippen molar-refractivity contribution in [3.63, 3.8) is 0 Å². The van der Waals surface area contributed by atoms with Crippen LogP contribution < -0.4 is 0 Å². The van der Waals surface area contributed by atoms with Gasteiger partial charge in [-0.2, -0.15) is 18.3 Å². The van der Waals surface area contributed by atoms with E-state index in [9.17, 15) is 21.6 Å². The molecule has 0 aliphatic carbocycles. The number of alkyl halides is 3. The number of pyridine rings is 1. The predicted octanol–water partition coefficient (Wildman–Crippen LogP) is 1.72. The van der Waals surface area contributed by atoms with Crippen molar-refractivity contribution in [2.75, 3.05) is 0 Å². The highest BCUT2D eigenvalue weighted by atomic mass is 32.2. The molecule has 0 aromatic carbocycles. The Morgan fingerprint density at radius 1 is 1.17 bits per heavy atom. The van der Waals surface area contributed by atoms with Gasteiger partial charge in [-0.3, -0.25) is 4.98 Å². The van der Waals surface area contributed by atoms with E-state index in [1.165, 1.54) is 18.5 Å². The molecule has 120 valence electrons. The molecule has 0 unspecified atom stereocenters. The van der Waals surface area contributed by atoms with Gasteiger partial charge in [0, 0.05) is 18.6 Å². The SMILES string of the molecule is O=S(=O)(c1cnn(-c2ccnc(C(F)(F)F)c2)c1)n1ccnc1. The molecule has 0 bridgehead atoms. The Morgan fingerprint density at radius 3 is 2.61 bits per heavy atom. The second kappa shape index (κ2) is 5.19. The van der Waals surface area contributed by atoms with E-state index in [4.69, 9.17) is 0 Å². The van der Waals surface area contributed by atoms with Crippen LogP contribution in [0.15, 0.2) is 54.3 Å². The zero-order valence-electron chi connectivity index (χ0n) is 11.2. The number of hydrogen-bond donors (Lipinski definition) is 0. The van der Waals surface area contributed by atoms with Crippen molar-refractivity contribution in [1.29, 1.82) is 0 Å². The summed E-state index contributed by atoms with van der Waals surface area (Å²) in [7, 11) is -3.89.